The van der Waals surface area contributed by atoms with Crippen molar-refractivity contribution in [2.24, 2.45) is 0 Å². The van der Waals surface area contributed by atoms with Crippen molar-refractivity contribution in [3.8, 4) is 5.75 Å². The first-order valence-corrected chi connectivity index (χ1v) is 12.3. The van der Waals surface area contributed by atoms with Gasteiger partial charge in [-0.1, -0.05) is 49.8 Å². The van der Waals surface area contributed by atoms with Gasteiger partial charge in [0, 0.05) is 48.2 Å². The Labute approximate surface area is 184 Å². The Balaban J connectivity index is 1.20. The van der Waals surface area contributed by atoms with Crippen molar-refractivity contribution < 1.29 is 4.74 Å². The van der Waals surface area contributed by atoms with E-state index in [-0.39, 0.29) is 0 Å². The van der Waals surface area contributed by atoms with Gasteiger partial charge in [0.05, 0.1) is 6.61 Å². The van der Waals surface area contributed by atoms with Gasteiger partial charge in [-0.25, -0.2) is 0 Å². The van der Waals surface area contributed by atoms with E-state index in [1.165, 1.54) is 39.8 Å². The number of aromatic nitrogens is 1. The minimum atomic E-state index is 0.811. The molecule has 2 heterocycles. The molecule has 0 amide bonds. The summed E-state index contributed by atoms with van der Waals surface area (Å²) in [4.78, 5) is 5.94. The Bertz CT molecular complexity index is 961. The lowest BCUT2D eigenvalue weighted by Crippen LogP contribution is -2.30. The molecular formula is C26H32N2OS. The highest BCUT2D eigenvalue weighted by atomic mass is 32.2. The predicted octanol–water partition coefficient (Wildman–Crippen LogP) is 6.37. The molecule has 4 heteroatoms. The summed E-state index contributed by atoms with van der Waals surface area (Å²) in [7, 11) is 0. The maximum Gasteiger partial charge on any atom is 0.119 e. The van der Waals surface area contributed by atoms with Gasteiger partial charge in [-0.3, -0.25) is 4.90 Å². The average Bonchev–Trinajstić information content (AvgIpc) is 3.21. The van der Waals surface area contributed by atoms with Crippen molar-refractivity contribution in [3.05, 3.63) is 71.9 Å². The number of para-hydroxylation sites is 1. The number of hydrogen-bond acceptors (Lipinski definition) is 3. The first-order chi connectivity index (χ1) is 14.8. The monoisotopic (exact) mass is 420 g/mol. The fraction of sp³-hybridized carbons (Fsp3) is 0.385. The van der Waals surface area contributed by atoms with E-state index in [1.807, 2.05) is 11.8 Å². The van der Waals surface area contributed by atoms with Crippen LogP contribution in [0.15, 0.2) is 60.8 Å². The molecule has 1 aromatic heterocycles. The van der Waals surface area contributed by atoms with Crippen LogP contribution in [0.2, 0.25) is 0 Å². The van der Waals surface area contributed by atoms with Gasteiger partial charge >= 0.3 is 0 Å². The number of nitrogens with one attached hydrogen (secondary N) is 1. The van der Waals surface area contributed by atoms with Crippen molar-refractivity contribution in [3.63, 3.8) is 0 Å². The minimum absolute atomic E-state index is 0.811. The number of thioether (sulfide) groups is 1. The molecule has 3 nitrogen and oxygen atoms in total. The van der Waals surface area contributed by atoms with Crippen LogP contribution >= 0.6 is 11.8 Å². The molecule has 0 spiro atoms. The summed E-state index contributed by atoms with van der Waals surface area (Å²) in [6.07, 6.45) is 7.98. The SMILES string of the molecule is CCCCOc1ccc(C2=CCN(CCSCc3c[nH]c4ccccc34)CC2)cc1. The van der Waals surface area contributed by atoms with Crippen LogP contribution in [0.5, 0.6) is 5.75 Å². The van der Waals surface area contributed by atoms with Gasteiger partial charge in [-0.15, -0.1) is 0 Å². The zero-order valence-electron chi connectivity index (χ0n) is 17.9. The normalized spacial score (nSPS) is 14.8. The van der Waals surface area contributed by atoms with E-state index in [0.717, 1.165) is 50.6 Å². The standard InChI is InChI=1S/C26H32N2OS/c1-2-3-17-29-24-10-8-21(9-11-24)22-12-14-28(15-13-22)16-18-30-20-23-19-27-26-7-5-4-6-25(23)26/h4-12,19,27H,2-3,13-18,20H2,1H3. The lowest BCUT2D eigenvalue weighted by Gasteiger charge is -2.26. The molecule has 4 rings (SSSR count). The van der Waals surface area contributed by atoms with Gasteiger partial charge in [0.15, 0.2) is 0 Å². The van der Waals surface area contributed by atoms with E-state index >= 15 is 0 Å². The molecule has 158 valence electrons. The molecular weight excluding hydrogens is 388 g/mol. The maximum atomic E-state index is 5.78. The second-order valence-electron chi connectivity index (χ2n) is 7.92. The Hall–Kier alpha value is -2.17. The lowest BCUT2D eigenvalue weighted by atomic mass is 9.99. The van der Waals surface area contributed by atoms with Gasteiger partial charge in [0.2, 0.25) is 0 Å². The van der Waals surface area contributed by atoms with E-state index in [9.17, 15) is 0 Å². The third-order valence-corrected chi connectivity index (χ3v) is 6.76. The average molecular weight is 421 g/mol. The third kappa shape index (κ3) is 5.50. The van der Waals surface area contributed by atoms with Crippen molar-refractivity contribution in [2.75, 3.05) is 32.0 Å². The van der Waals surface area contributed by atoms with Gasteiger partial charge < -0.3 is 9.72 Å². The summed E-state index contributed by atoms with van der Waals surface area (Å²) >= 11 is 2.03. The number of ether oxygens (including phenoxy) is 1. The van der Waals surface area contributed by atoms with Gasteiger partial charge in [0.1, 0.15) is 5.75 Å². The van der Waals surface area contributed by atoms with Crippen LogP contribution in [0.1, 0.15) is 37.3 Å². The number of fused-ring (bicyclic) bond motifs is 1. The van der Waals surface area contributed by atoms with Crippen LogP contribution in [0.3, 0.4) is 0 Å². The maximum absolute atomic E-state index is 5.78. The highest BCUT2D eigenvalue weighted by Gasteiger charge is 2.13. The van der Waals surface area contributed by atoms with Crippen molar-refractivity contribution in [2.45, 2.75) is 31.9 Å². The number of H-pyrrole nitrogens is 1. The molecule has 1 N–H and O–H groups in total. The van der Waals surface area contributed by atoms with Gasteiger partial charge in [-0.05, 0) is 47.7 Å². The Morgan fingerprint density at radius 1 is 1.10 bits per heavy atom. The predicted molar refractivity (Wildman–Crippen MR) is 130 cm³/mol. The molecule has 3 aromatic rings. The molecule has 1 aliphatic rings. The fourth-order valence-corrected chi connectivity index (χ4v) is 4.89. The Kier molecular flexibility index (Phi) is 7.54. The fourth-order valence-electron chi connectivity index (χ4n) is 3.90. The highest BCUT2D eigenvalue weighted by Crippen LogP contribution is 2.25. The lowest BCUT2D eigenvalue weighted by molar-refractivity contribution is 0.309. The number of nitrogens with zero attached hydrogens (tertiary/aromatic N) is 1. The number of aromatic amines is 1. The summed E-state index contributed by atoms with van der Waals surface area (Å²) in [6.45, 7) is 6.35. The largest absolute Gasteiger partial charge is 0.494 e. The van der Waals surface area contributed by atoms with E-state index < -0.39 is 0 Å². The summed E-state index contributed by atoms with van der Waals surface area (Å²) in [5.41, 5.74) is 5.46. The van der Waals surface area contributed by atoms with Gasteiger partial charge in [-0.2, -0.15) is 11.8 Å². The molecule has 0 fully saturated rings. The van der Waals surface area contributed by atoms with E-state index in [4.69, 9.17) is 4.74 Å². The Morgan fingerprint density at radius 2 is 1.97 bits per heavy atom. The van der Waals surface area contributed by atoms with Crippen LogP contribution in [0.25, 0.3) is 16.5 Å². The van der Waals surface area contributed by atoms with E-state index in [0.29, 0.717) is 0 Å². The van der Waals surface area contributed by atoms with Crippen LogP contribution in [0.4, 0.5) is 0 Å². The number of benzene rings is 2. The quantitative estimate of drug-likeness (QED) is 0.386. The molecule has 1 aliphatic heterocycles. The molecule has 0 saturated heterocycles. The first kappa shape index (κ1) is 21.1. The van der Waals surface area contributed by atoms with Crippen LogP contribution in [0, 0.1) is 0 Å². The molecule has 30 heavy (non-hydrogen) atoms. The number of hydrogen-bond donors (Lipinski definition) is 1. The first-order valence-electron chi connectivity index (χ1n) is 11.1. The second kappa shape index (κ2) is 10.7. The molecule has 0 saturated carbocycles. The summed E-state index contributed by atoms with van der Waals surface area (Å²) in [6, 6.07) is 17.2. The van der Waals surface area contributed by atoms with Crippen molar-refractivity contribution in [1.82, 2.24) is 9.88 Å². The smallest absolute Gasteiger partial charge is 0.119 e. The minimum Gasteiger partial charge on any atom is -0.494 e. The third-order valence-electron chi connectivity index (χ3n) is 5.77. The molecule has 0 atom stereocenters. The van der Waals surface area contributed by atoms with Gasteiger partial charge in [0.25, 0.3) is 0 Å². The topological polar surface area (TPSA) is 28.3 Å². The van der Waals surface area contributed by atoms with E-state index in [2.05, 4.69) is 77.6 Å². The Morgan fingerprint density at radius 3 is 2.77 bits per heavy atom. The molecule has 0 aliphatic carbocycles. The summed E-state index contributed by atoms with van der Waals surface area (Å²) in [5.74, 6) is 3.23. The van der Waals surface area contributed by atoms with Crippen molar-refractivity contribution in [1.29, 1.82) is 0 Å². The number of unbranched alkanes of at least 4 members (excludes halogenated alkanes) is 1. The summed E-state index contributed by atoms with van der Waals surface area (Å²) < 4.78 is 5.78. The van der Waals surface area contributed by atoms with E-state index in [1.54, 1.807) is 0 Å². The van der Waals surface area contributed by atoms with Crippen LogP contribution in [-0.4, -0.2) is 41.9 Å². The second-order valence-corrected chi connectivity index (χ2v) is 9.02. The van der Waals surface area contributed by atoms with Crippen LogP contribution in [-0.2, 0) is 5.75 Å². The van der Waals surface area contributed by atoms with Crippen molar-refractivity contribution >= 4 is 28.2 Å². The zero-order valence-corrected chi connectivity index (χ0v) is 18.7. The highest BCUT2D eigenvalue weighted by molar-refractivity contribution is 7.98. The molecule has 0 radical (unpaired) electrons. The molecule has 0 unspecified atom stereocenters. The summed E-state index contributed by atoms with van der Waals surface area (Å²) in [5, 5.41) is 1.36. The zero-order chi connectivity index (χ0) is 20.6. The molecule has 0 bridgehead atoms. The molecule has 2 aromatic carbocycles. The van der Waals surface area contributed by atoms with Crippen LogP contribution < -0.4 is 4.74 Å². The number of rotatable bonds is 10.